The van der Waals surface area contributed by atoms with Crippen molar-refractivity contribution in [2.24, 2.45) is 0 Å². The van der Waals surface area contributed by atoms with Crippen molar-refractivity contribution < 1.29 is 14.3 Å². The number of rotatable bonds is 5. The summed E-state index contributed by atoms with van der Waals surface area (Å²) < 4.78 is 6.06. The summed E-state index contributed by atoms with van der Waals surface area (Å²) in [5.41, 5.74) is 2.30. The van der Waals surface area contributed by atoms with Gasteiger partial charge in [-0.15, -0.1) is 0 Å². The van der Waals surface area contributed by atoms with E-state index in [1.165, 1.54) is 4.90 Å². The first kappa shape index (κ1) is 17.2. The zero-order chi connectivity index (χ0) is 16.8. The van der Waals surface area contributed by atoms with Crippen LogP contribution in [0, 0.1) is 6.92 Å². The Hall–Kier alpha value is -2.14. The van der Waals surface area contributed by atoms with Gasteiger partial charge in [-0.2, -0.15) is 0 Å². The maximum atomic E-state index is 12.1. The molecule has 0 bridgehead atoms. The van der Waals surface area contributed by atoms with Gasteiger partial charge in [0.1, 0.15) is 0 Å². The lowest BCUT2D eigenvalue weighted by molar-refractivity contribution is -0.133. The molecular formula is C18H18BrNO3. The number of benzene rings is 2. The van der Waals surface area contributed by atoms with Crippen molar-refractivity contribution >= 4 is 27.8 Å². The van der Waals surface area contributed by atoms with Crippen molar-refractivity contribution in [3.63, 3.8) is 0 Å². The molecule has 2 rings (SSSR count). The molecule has 120 valence electrons. The Labute approximate surface area is 144 Å². The largest absolute Gasteiger partial charge is 0.452 e. The van der Waals surface area contributed by atoms with Crippen LogP contribution in [-0.2, 0) is 16.1 Å². The third-order valence-electron chi connectivity index (χ3n) is 3.48. The Morgan fingerprint density at radius 1 is 1.09 bits per heavy atom. The summed E-state index contributed by atoms with van der Waals surface area (Å²) in [4.78, 5) is 25.7. The second kappa shape index (κ2) is 7.92. The number of esters is 1. The Morgan fingerprint density at radius 3 is 2.43 bits per heavy atom. The second-order valence-electron chi connectivity index (χ2n) is 5.23. The molecule has 0 unspecified atom stereocenters. The van der Waals surface area contributed by atoms with Crippen molar-refractivity contribution in [3.8, 4) is 0 Å². The highest BCUT2D eigenvalue weighted by Gasteiger charge is 2.15. The van der Waals surface area contributed by atoms with Gasteiger partial charge in [-0.3, -0.25) is 4.79 Å². The molecule has 4 nitrogen and oxygen atoms in total. The van der Waals surface area contributed by atoms with E-state index in [9.17, 15) is 9.59 Å². The Bertz CT molecular complexity index is 715. The summed E-state index contributed by atoms with van der Waals surface area (Å²) in [6.07, 6.45) is 0. The summed E-state index contributed by atoms with van der Waals surface area (Å²) in [5, 5.41) is 0. The first-order valence-corrected chi connectivity index (χ1v) is 7.98. The maximum absolute atomic E-state index is 12.1. The van der Waals surface area contributed by atoms with Gasteiger partial charge in [0.2, 0.25) is 0 Å². The molecule has 2 aromatic rings. The third-order valence-corrected chi connectivity index (χ3v) is 4.26. The summed E-state index contributed by atoms with van der Waals surface area (Å²) in [6, 6.07) is 14.8. The van der Waals surface area contributed by atoms with E-state index in [2.05, 4.69) is 15.9 Å². The minimum atomic E-state index is -0.481. The molecule has 0 radical (unpaired) electrons. The van der Waals surface area contributed by atoms with Gasteiger partial charge in [0.15, 0.2) is 6.61 Å². The van der Waals surface area contributed by atoms with Crippen molar-refractivity contribution in [1.29, 1.82) is 0 Å². The number of likely N-dealkylation sites (N-methyl/N-ethyl adjacent to an activating group) is 1. The number of carbonyl (C=O) groups is 2. The molecule has 0 aliphatic rings. The molecule has 0 spiro atoms. The molecule has 0 aliphatic heterocycles. The van der Waals surface area contributed by atoms with Gasteiger partial charge < -0.3 is 9.64 Å². The smallest absolute Gasteiger partial charge is 0.338 e. The average Bonchev–Trinajstić information content (AvgIpc) is 2.54. The zero-order valence-corrected chi connectivity index (χ0v) is 14.7. The quantitative estimate of drug-likeness (QED) is 0.750. The molecule has 2 aromatic carbocycles. The zero-order valence-electron chi connectivity index (χ0n) is 13.1. The van der Waals surface area contributed by atoms with Gasteiger partial charge in [-0.1, -0.05) is 52.3 Å². The van der Waals surface area contributed by atoms with Crippen LogP contribution in [-0.4, -0.2) is 30.4 Å². The number of amides is 1. The van der Waals surface area contributed by atoms with E-state index in [-0.39, 0.29) is 12.5 Å². The van der Waals surface area contributed by atoms with Gasteiger partial charge in [-0.25, -0.2) is 4.79 Å². The van der Waals surface area contributed by atoms with Crippen LogP contribution in [0.3, 0.4) is 0 Å². The van der Waals surface area contributed by atoms with Crippen molar-refractivity contribution in [2.75, 3.05) is 13.7 Å². The highest BCUT2D eigenvalue weighted by atomic mass is 79.9. The van der Waals surface area contributed by atoms with E-state index in [1.807, 2.05) is 43.3 Å². The summed E-state index contributed by atoms with van der Waals surface area (Å²) in [5.74, 6) is -0.728. The molecule has 0 atom stereocenters. The highest BCUT2D eigenvalue weighted by molar-refractivity contribution is 9.10. The number of hydrogen-bond acceptors (Lipinski definition) is 3. The normalized spacial score (nSPS) is 10.2. The van der Waals surface area contributed by atoms with Crippen LogP contribution in [0.4, 0.5) is 0 Å². The van der Waals surface area contributed by atoms with Crippen LogP contribution in [0.1, 0.15) is 21.5 Å². The molecule has 0 saturated carbocycles. The molecule has 1 amide bonds. The van der Waals surface area contributed by atoms with Crippen LogP contribution in [0.2, 0.25) is 0 Å². The fourth-order valence-electron chi connectivity index (χ4n) is 2.09. The molecule has 0 aliphatic carbocycles. The molecule has 0 fully saturated rings. The predicted octanol–water partition coefficient (Wildman–Crippen LogP) is 3.57. The van der Waals surface area contributed by atoms with Gasteiger partial charge in [0.25, 0.3) is 5.91 Å². The van der Waals surface area contributed by atoms with E-state index in [0.717, 1.165) is 15.6 Å². The lowest BCUT2D eigenvalue weighted by atomic mass is 10.1. The fourth-order valence-corrected chi connectivity index (χ4v) is 2.50. The third kappa shape index (κ3) is 4.66. The lowest BCUT2D eigenvalue weighted by Crippen LogP contribution is -2.31. The van der Waals surface area contributed by atoms with Crippen LogP contribution in [0.5, 0.6) is 0 Å². The lowest BCUT2D eigenvalue weighted by Gasteiger charge is -2.18. The van der Waals surface area contributed by atoms with E-state index in [4.69, 9.17) is 4.74 Å². The van der Waals surface area contributed by atoms with Crippen LogP contribution in [0.15, 0.2) is 53.0 Å². The van der Waals surface area contributed by atoms with Gasteiger partial charge >= 0.3 is 5.97 Å². The van der Waals surface area contributed by atoms with Crippen molar-refractivity contribution in [2.45, 2.75) is 13.5 Å². The Kier molecular flexibility index (Phi) is 5.93. The minimum Gasteiger partial charge on any atom is -0.452 e. The molecule has 23 heavy (non-hydrogen) atoms. The average molecular weight is 376 g/mol. The second-order valence-corrected chi connectivity index (χ2v) is 6.09. The molecule has 0 saturated heterocycles. The fraction of sp³-hybridized carbons (Fsp3) is 0.222. The Morgan fingerprint density at radius 2 is 1.74 bits per heavy atom. The monoisotopic (exact) mass is 375 g/mol. The van der Waals surface area contributed by atoms with E-state index in [0.29, 0.717) is 12.1 Å². The molecule has 0 N–H and O–H groups in total. The van der Waals surface area contributed by atoms with Crippen molar-refractivity contribution in [3.05, 3.63) is 69.7 Å². The first-order valence-electron chi connectivity index (χ1n) is 7.19. The number of aryl methyl sites for hydroxylation is 1. The molecule has 0 heterocycles. The predicted molar refractivity (Wildman–Crippen MR) is 92.1 cm³/mol. The van der Waals surface area contributed by atoms with Gasteiger partial charge in [0, 0.05) is 18.1 Å². The Balaban J connectivity index is 1.91. The van der Waals surface area contributed by atoms with Crippen LogP contribution < -0.4 is 0 Å². The van der Waals surface area contributed by atoms with Gasteiger partial charge in [0.05, 0.1) is 5.56 Å². The standard InChI is InChI=1S/C18H18BrNO3/c1-13-7-3-5-9-15(13)18(22)23-12-17(21)20(2)11-14-8-4-6-10-16(14)19/h3-10H,11-12H2,1-2H3. The highest BCUT2D eigenvalue weighted by Crippen LogP contribution is 2.17. The van der Waals surface area contributed by atoms with E-state index >= 15 is 0 Å². The number of halogens is 1. The maximum Gasteiger partial charge on any atom is 0.338 e. The number of carbonyl (C=O) groups excluding carboxylic acids is 2. The van der Waals surface area contributed by atoms with Crippen LogP contribution in [0.25, 0.3) is 0 Å². The first-order chi connectivity index (χ1) is 11.0. The number of nitrogens with zero attached hydrogens (tertiary/aromatic N) is 1. The SMILES string of the molecule is Cc1ccccc1C(=O)OCC(=O)N(C)Cc1ccccc1Br. The van der Waals surface area contributed by atoms with Crippen molar-refractivity contribution in [1.82, 2.24) is 4.90 Å². The van der Waals surface area contributed by atoms with E-state index in [1.54, 1.807) is 19.2 Å². The summed E-state index contributed by atoms with van der Waals surface area (Å²) >= 11 is 3.45. The molecule has 5 heteroatoms. The summed E-state index contributed by atoms with van der Waals surface area (Å²) in [7, 11) is 1.68. The van der Waals surface area contributed by atoms with E-state index < -0.39 is 5.97 Å². The minimum absolute atomic E-state index is 0.248. The summed E-state index contributed by atoms with van der Waals surface area (Å²) in [6.45, 7) is 2.01. The van der Waals surface area contributed by atoms with Gasteiger partial charge in [-0.05, 0) is 30.2 Å². The van der Waals surface area contributed by atoms with Crippen LogP contribution >= 0.6 is 15.9 Å². The number of hydrogen-bond donors (Lipinski definition) is 0. The molecular weight excluding hydrogens is 358 g/mol. The number of ether oxygens (including phenoxy) is 1. The topological polar surface area (TPSA) is 46.6 Å². The molecule has 0 aromatic heterocycles.